The third-order valence-corrected chi connectivity index (χ3v) is 8.03. The van der Waals surface area contributed by atoms with Crippen LogP contribution in [0.1, 0.15) is 27.8 Å². The molecule has 0 spiro atoms. The van der Waals surface area contributed by atoms with Gasteiger partial charge in [0.05, 0.1) is 6.54 Å². The van der Waals surface area contributed by atoms with Crippen LogP contribution in [0.2, 0.25) is 0 Å². The van der Waals surface area contributed by atoms with E-state index in [2.05, 4.69) is 129 Å². The van der Waals surface area contributed by atoms with Crippen LogP contribution in [0.25, 0.3) is 33.4 Å². The molecule has 0 atom stereocenters. The topological polar surface area (TPSA) is 37.1 Å². The molecule has 0 aliphatic rings. The van der Waals surface area contributed by atoms with Crippen LogP contribution in [0, 0.1) is 13.8 Å². The third-order valence-electron chi connectivity index (χ3n) is 8.03. The average molecular weight is 582 g/mol. The maximum absolute atomic E-state index is 5.02. The van der Waals surface area contributed by atoms with Gasteiger partial charge in [-0.15, -0.1) is 0 Å². The zero-order chi connectivity index (χ0) is 31.0. The van der Waals surface area contributed by atoms with Gasteiger partial charge in [-0.25, -0.2) is 9.98 Å². The second-order valence-corrected chi connectivity index (χ2v) is 11.0. The average Bonchev–Trinajstić information content (AvgIpc) is 3.10. The van der Waals surface area contributed by atoms with Gasteiger partial charge in [-0.05, 0) is 88.8 Å². The van der Waals surface area contributed by atoms with Gasteiger partial charge in [0.1, 0.15) is 0 Å². The van der Waals surface area contributed by atoms with Gasteiger partial charge in [0, 0.05) is 11.1 Å². The summed E-state index contributed by atoms with van der Waals surface area (Å²) in [5.41, 5.74) is 12.5. The Bertz CT molecular complexity index is 1990. The predicted molar refractivity (Wildman–Crippen MR) is 191 cm³/mol. The summed E-state index contributed by atoms with van der Waals surface area (Å²) in [6, 6.07) is 52.5. The van der Waals surface area contributed by atoms with E-state index in [0.29, 0.717) is 18.2 Å². The third kappa shape index (κ3) is 6.79. The molecule has 0 aliphatic heterocycles. The first-order valence-electron chi connectivity index (χ1n) is 15.2. The molecule has 6 aromatic carbocycles. The minimum atomic E-state index is 0.503. The van der Waals surface area contributed by atoms with Crippen molar-refractivity contribution in [3.8, 4) is 33.4 Å². The highest BCUT2D eigenvalue weighted by atomic mass is 15.0. The zero-order valence-electron chi connectivity index (χ0n) is 25.7. The molecule has 0 heterocycles. The smallest absolute Gasteiger partial charge is 0.161 e. The number of rotatable bonds is 7. The van der Waals surface area contributed by atoms with Crippen molar-refractivity contribution in [2.75, 3.05) is 0 Å². The second-order valence-electron chi connectivity index (χ2n) is 11.0. The van der Waals surface area contributed by atoms with Crippen LogP contribution < -0.4 is 0 Å². The van der Waals surface area contributed by atoms with Crippen molar-refractivity contribution < 1.29 is 0 Å². The first-order chi connectivity index (χ1) is 22.1. The molecule has 0 saturated heterocycles. The molecule has 45 heavy (non-hydrogen) atoms. The van der Waals surface area contributed by atoms with Crippen LogP contribution >= 0.6 is 0 Å². The fourth-order valence-corrected chi connectivity index (χ4v) is 5.61. The van der Waals surface area contributed by atoms with E-state index in [1.807, 2.05) is 48.5 Å². The highest BCUT2D eigenvalue weighted by Crippen LogP contribution is 2.38. The fourth-order valence-electron chi connectivity index (χ4n) is 5.61. The van der Waals surface area contributed by atoms with Crippen LogP contribution in [0.4, 0.5) is 0 Å². The summed E-state index contributed by atoms with van der Waals surface area (Å²) in [6.07, 6.45) is 0. The van der Waals surface area contributed by atoms with E-state index in [-0.39, 0.29) is 0 Å². The quantitative estimate of drug-likeness (QED) is 0.133. The molecule has 0 bridgehead atoms. The summed E-state index contributed by atoms with van der Waals surface area (Å²) in [6.45, 7) is 8.73. The number of hydrogen-bond acceptors (Lipinski definition) is 1. The molecular weight excluding hydrogens is 546 g/mol. The lowest BCUT2D eigenvalue weighted by Crippen LogP contribution is -2.06. The molecule has 6 aromatic rings. The Balaban J connectivity index is 1.51. The first-order valence-corrected chi connectivity index (χ1v) is 15.2. The molecule has 3 nitrogen and oxygen atoms in total. The van der Waals surface area contributed by atoms with E-state index >= 15 is 0 Å². The Labute approximate surface area is 266 Å². The van der Waals surface area contributed by atoms with Gasteiger partial charge in [0.2, 0.25) is 0 Å². The lowest BCUT2D eigenvalue weighted by atomic mass is 9.87. The standard InChI is InChI=1S/C42H35N3/c1-30-16-13-14-25-38(30)40-28-37(33-19-9-5-10-20-33)27-39(31(40)2)35-23-15-24-36(26-35)42(44-29-32-17-7-4-8-18-32)45-41(43-3)34-21-11-6-12-22-34/h4-28H,3,29H2,1-2H3/b44-42-,45-41-. The molecule has 0 unspecified atom stereocenters. The number of amidine groups is 2. The first kappa shape index (κ1) is 29.4. The molecule has 0 radical (unpaired) electrons. The number of hydrogen-bond donors (Lipinski definition) is 0. The van der Waals surface area contributed by atoms with Crippen LogP contribution in [0.3, 0.4) is 0 Å². The summed E-state index contributed by atoms with van der Waals surface area (Å²) in [7, 11) is 0. The Morgan fingerprint density at radius 3 is 1.82 bits per heavy atom. The number of nitrogens with zero attached hydrogens (tertiary/aromatic N) is 3. The summed E-state index contributed by atoms with van der Waals surface area (Å²) in [4.78, 5) is 14.3. The predicted octanol–water partition coefficient (Wildman–Crippen LogP) is 10.4. The van der Waals surface area contributed by atoms with Crippen LogP contribution in [-0.4, -0.2) is 18.4 Å². The number of benzene rings is 6. The summed E-state index contributed by atoms with van der Waals surface area (Å²) < 4.78 is 0. The number of aliphatic imine (C=N–C) groups is 3. The Morgan fingerprint density at radius 1 is 0.511 bits per heavy atom. The van der Waals surface area contributed by atoms with Crippen LogP contribution in [0.5, 0.6) is 0 Å². The molecule has 0 saturated carbocycles. The maximum Gasteiger partial charge on any atom is 0.161 e. The van der Waals surface area contributed by atoms with Gasteiger partial charge in [-0.3, -0.25) is 4.99 Å². The lowest BCUT2D eigenvalue weighted by molar-refractivity contribution is 1.06. The van der Waals surface area contributed by atoms with Crippen molar-refractivity contribution in [2.24, 2.45) is 15.0 Å². The van der Waals surface area contributed by atoms with Gasteiger partial charge in [0.25, 0.3) is 0 Å². The lowest BCUT2D eigenvalue weighted by Gasteiger charge is -2.17. The Morgan fingerprint density at radius 2 is 1.11 bits per heavy atom. The van der Waals surface area contributed by atoms with E-state index in [4.69, 9.17) is 9.98 Å². The van der Waals surface area contributed by atoms with Gasteiger partial charge in [-0.1, -0.05) is 133 Å². The fraction of sp³-hybridized carbons (Fsp3) is 0.0714. The molecule has 0 aromatic heterocycles. The largest absolute Gasteiger partial charge is 0.261 e. The SMILES string of the molecule is C=N/C(=N\C(=N/Cc1ccccc1)c1cccc(-c2cc(-c3ccccc3)cc(-c3ccccc3C)c2C)c1)c1ccccc1. The van der Waals surface area contributed by atoms with Crippen molar-refractivity contribution >= 4 is 18.4 Å². The van der Waals surface area contributed by atoms with Gasteiger partial charge in [-0.2, -0.15) is 0 Å². The molecule has 0 fully saturated rings. The van der Waals surface area contributed by atoms with Crippen LogP contribution in [0.15, 0.2) is 167 Å². The summed E-state index contributed by atoms with van der Waals surface area (Å²) in [5.74, 6) is 1.15. The van der Waals surface area contributed by atoms with E-state index in [9.17, 15) is 0 Å². The Hall–Kier alpha value is -5.67. The summed E-state index contributed by atoms with van der Waals surface area (Å²) in [5, 5.41) is 0. The molecule has 0 amide bonds. The second kappa shape index (κ2) is 13.7. The van der Waals surface area contributed by atoms with E-state index in [0.717, 1.165) is 22.3 Å². The van der Waals surface area contributed by atoms with Crippen molar-refractivity contribution in [2.45, 2.75) is 20.4 Å². The zero-order valence-corrected chi connectivity index (χ0v) is 25.7. The molecule has 0 N–H and O–H groups in total. The van der Waals surface area contributed by atoms with E-state index in [1.54, 1.807) is 0 Å². The number of aryl methyl sites for hydroxylation is 1. The van der Waals surface area contributed by atoms with Crippen LogP contribution in [-0.2, 0) is 6.54 Å². The van der Waals surface area contributed by atoms with Crippen molar-refractivity contribution in [3.05, 3.63) is 179 Å². The minimum Gasteiger partial charge on any atom is -0.261 e. The minimum absolute atomic E-state index is 0.503. The maximum atomic E-state index is 5.02. The van der Waals surface area contributed by atoms with Crippen molar-refractivity contribution in [1.82, 2.24) is 0 Å². The van der Waals surface area contributed by atoms with Gasteiger partial charge < -0.3 is 0 Å². The highest BCUT2D eigenvalue weighted by molar-refractivity contribution is 6.13. The molecule has 3 heteroatoms. The molecule has 0 aliphatic carbocycles. The van der Waals surface area contributed by atoms with Gasteiger partial charge >= 0.3 is 0 Å². The van der Waals surface area contributed by atoms with Crippen molar-refractivity contribution in [1.29, 1.82) is 0 Å². The normalized spacial score (nSPS) is 11.8. The van der Waals surface area contributed by atoms with E-state index in [1.165, 1.54) is 38.9 Å². The van der Waals surface area contributed by atoms with E-state index < -0.39 is 0 Å². The highest BCUT2D eigenvalue weighted by Gasteiger charge is 2.15. The Kier molecular flexibility index (Phi) is 8.98. The van der Waals surface area contributed by atoms with Crippen molar-refractivity contribution in [3.63, 3.8) is 0 Å². The molecule has 6 rings (SSSR count). The van der Waals surface area contributed by atoms with Gasteiger partial charge in [0.15, 0.2) is 11.7 Å². The molecule has 218 valence electrons. The summed E-state index contributed by atoms with van der Waals surface area (Å²) >= 11 is 0. The molecular formula is C42H35N3. The monoisotopic (exact) mass is 581 g/mol.